The molecule has 0 radical (unpaired) electrons. The van der Waals surface area contributed by atoms with E-state index in [9.17, 15) is 0 Å². The molecule has 0 heterocycles. The summed E-state index contributed by atoms with van der Waals surface area (Å²) >= 11 is 0. The molecule has 1 aliphatic rings. The molecule has 1 heteroatoms. The van der Waals surface area contributed by atoms with Crippen LogP contribution in [-0.4, -0.2) is 0 Å². The molecule has 21 heavy (non-hydrogen) atoms. The van der Waals surface area contributed by atoms with Crippen LogP contribution >= 0.6 is 0 Å². The smallest absolute Gasteiger partial charge is 0.0400 e. The van der Waals surface area contributed by atoms with Crippen LogP contribution < -0.4 is 5.32 Å². The number of benzene rings is 2. The van der Waals surface area contributed by atoms with Crippen LogP contribution in [0.3, 0.4) is 0 Å². The lowest BCUT2D eigenvalue weighted by molar-refractivity contribution is 0.795. The topological polar surface area (TPSA) is 12.0 Å². The lowest BCUT2D eigenvalue weighted by Gasteiger charge is -2.09. The Kier molecular flexibility index (Phi) is 4.59. The van der Waals surface area contributed by atoms with Crippen molar-refractivity contribution in [1.29, 1.82) is 0 Å². The van der Waals surface area contributed by atoms with Gasteiger partial charge in [-0.1, -0.05) is 43.7 Å². The van der Waals surface area contributed by atoms with Gasteiger partial charge in [-0.25, -0.2) is 0 Å². The number of hydrogen-bond acceptors (Lipinski definition) is 1. The van der Waals surface area contributed by atoms with Crippen molar-refractivity contribution in [2.45, 2.75) is 52.0 Å². The Morgan fingerprint density at radius 3 is 2.48 bits per heavy atom. The van der Waals surface area contributed by atoms with Gasteiger partial charge in [0.2, 0.25) is 0 Å². The standard InChI is InChI=1S/C20H25N/c1-2-3-5-16-9-12-20(13-10-16)21-15-17-8-11-18-6-4-7-19(18)14-17/h8-14,21H,2-7,15H2,1H3. The minimum atomic E-state index is 0.918. The summed E-state index contributed by atoms with van der Waals surface area (Å²) in [7, 11) is 0. The molecule has 2 aromatic rings. The normalized spacial score (nSPS) is 13.2. The summed E-state index contributed by atoms with van der Waals surface area (Å²) < 4.78 is 0. The third-order valence-electron chi connectivity index (χ3n) is 4.43. The summed E-state index contributed by atoms with van der Waals surface area (Å²) in [4.78, 5) is 0. The first kappa shape index (κ1) is 14.2. The van der Waals surface area contributed by atoms with E-state index in [1.807, 2.05) is 0 Å². The van der Waals surface area contributed by atoms with Gasteiger partial charge in [0.1, 0.15) is 0 Å². The van der Waals surface area contributed by atoms with Crippen molar-refractivity contribution >= 4 is 5.69 Å². The second kappa shape index (κ2) is 6.80. The molecular formula is C20H25N. The number of nitrogens with one attached hydrogen (secondary N) is 1. The Labute approximate surface area is 128 Å². The molecule has 1 N–H and O–H groups in total. The highest BCUT2D eigenvalue weighted by Gasteiger charge is 2.10. The van der Waals surface area contributed by atoms with E-state index in [1.165, 1.54) is 55.3 Å². The third-order valence-corrected chi connectivity index (χ3v) is 4.43. The molecular weight excluding hydrogens is 254 g/mol. The van der Waals surface area contributed by atoms with Crippen molar-refractivity contribution in [1.82, 2.24) is 0 Å². The van der Waals surface area contributed by atoms with Gasteiger partial charge in [0.05, 0.1) is 0 Å². The van der Waals surface area contributed by atoms with Crippen LogP contribution in [0.2, 0.25) is 0 Å². The average Bonchev–Trinajstić information content (AvgIpc) is 2.99. The van der Waals surface area contributed by atoms with Crippen LogP contribution in [0.4, 0.5) is 5.69 Å². The molecule has 1 nitrogen and oxygen atoms in total. The molecule has 3 rings (SSSR count). The van der Waals surface area contributed by atoms with Gasteiger partial charge in [0.25, 0.3) is 0 Å². The van der Waals surface area contributed by atoms with Crippen LogP contribution in [0.15, 0.2) is 42.5 Å². The predicted molar refractivity (Wildman–Crippen MR) is 90.8 cm³/mol. The van der Waals surface area contributed by atoms with E-state index in [2.05, 4.69) is 54.7 Å². The number of unbranched alkanes of at least 4 members (excludes halogenated alkanes) is 1. The van der Waals surface area contributed by atoms with Gasteiger partial charge in [-0.05, 0) is 66.5 Å². The zero-order valence-corrected chi connectivity index (χ0v) is 13.0. The first-order valence-corrected chi connectivity index (χ1v) is 8.28. The largest absolute Gasteiger partial charge is 0.381 e. The van der Waals surface area contributed by atoms with Crippen molar-refractivity contribution in [2.24, 2.45) is 0 Å². The molecule has 0 bridgehead atoms. The minimum Gasteiger partial charge on any atom is -0.381 e. The summed E-state index contributed by atoms with van der Waals surface area (Å²) in [5, 5.41) is 3.54. The molecule has 0 aliphatic heterocycles. The molecule has 0 amide bonds. The van der Waals surface area contributed by atoms with Crippen LogP contribution in [0.5, 0.6) is 0 Å². The van der Waals surface area contributed by atoms with Gasteiger partial charge in [-0.2, -0.15) is 0 Å². The van der Waals surface area contributed by atoms with Crippen LogP contribution in [0.25, 0.3) is 0 Å². The second-order valence-corrected chi connectivity index (χ2v) is 6.11. The quantitative estimate of drug-likeness (QED) is 0.773. The van der Waals surface area contributed by atoms with Crippen molar-refractivity contribution < 1.29 is 0 Å². The maximum atomic E-state index is 3.54. The first-order chi connectivity index (χ1) is 10.3. The highest BCUT2D eigenvalue weighted by molar-refractivity contribution is 5.46. The van der Waals surface area contributed by atoms with Crippen molar-refractivity contribution in [3.63, 3.8) is 0 Å². The van der Waals surface area contributed by atoms with E-state index in [0.29, 0.717) is 0 Å². The minimum absolute atomic E-state index is 0.918. The van der Waals surface area contributed by atoms with E-state index in [-0.39, 0.29) is 0 Å². The zero-order chi connectivity index (χ0) is 14.5. The summed E-state index contributed by atoms with van der Waals surface area (Å²) in [6.45, 7) is 3.16. The maximum Gasteiger partial charge on any atom is 0.0400 e. The van der Waals surface area contributed by atoms with Crippen molar-refractivity contribution in [3.8, 4) is 0 Å². The lowest BCUT2D eigenvalue weighted by Crippen LogP contribution is -2.00. The van der Waals surface area contributed by atoms with Gasteiger partial charge in [0, 0.05) is 12.2 Å². The SMILES string of the molecule is CCCCc1ccc(NCc2ccc3c(c2)CCC3)cc1. The average molecular weight is 279 g/mol. The zero-order valence-electron chi connectivity index (χ0n) is 13.0. The van der Waals surface area contributed by atoms with Crippen molar-refractivity contribution in [2.75, 3.05) is 5.32 Å². The number of aryl methyl sites for hydroxylation is 3. The maximum absolute atomic E-state index is 3.54. The van der Waals surface area contributed by atoms with E-state index in [0.717, 1.165) is 6.54 Å². The molecule has 110 valence electrons. The molecule has 0 unspecified atom stereocenters. The highest BCUT2D eigenvalue weighted by Crippen LogP contribution is 2.23. The lowest BCUT2D eigenvalue weighted by atomic mass is 10.1. The van der Waals surface area contributed by atoms with E-state index >= 15 is 0 Å². The molecule has 0 atom stereocenters. The van der Waals surface area contributed by atoms with Crippen LogP contribution in [0.1, 0.15) is 48.4 Å². The molecule has 0 saturated carbocycles. The Balaban J connectivity index is 1.57. The summed E-state index contributed by atoms with van der Waals surface area (Å²) in [5.41, 5.74) is 7.17. The second-order valence-electron chi connectivity index (χ2n) is 6.11. The van der Waals surface area contributed by atoms with Gasteiger partial charge in [-0.3, -0.25) is 0 Å². The molecule has 1 aliphatic carbocycles. The predicted octanol–water partition coefficient (Wildman–Crippen LogP) is 5.13. The fourth-order valence-corrected chi connectivity index (χ4v) is 3.11. The highest BCUT2D eigenvalue weighted by atomic mass is 14.9. The monoisotopic (exact) mass is 279 g/mol. The Morgan fingerprint density at radius 2 is 1.67 bits per heavy atom. The van der Waals surface area contributed by atoms with Gasteiger partial charge in [-0.15, -0.1) is 0 Å². The van der Waals surface area contributed by atoms with Crippen LogP contribution in [0, 0.1) is 0 Å². The summed E-state index contributed by atoms with van der Waals surface area (Å²) in [6.07, 6.45) is 7.59. The Morgan fingerprint density at radius 1 is 0.905 bits per heavy atom. The number of rotatable bonds is 6. The van der Waals surface area contributed by atoms with Gasteiger partial charge < -0.3 is 5.32 Å². The number of fused-ring (bicyclic) bond motifs is 1. The first-order valence-electron chi connectivity index (χ1n) is 8.28. The molecule has 0 spiro atoms. The molecule has 0 fully saturated rings. The fourth-order valence-electron chi connectivity index (χ4n) is 3.11. The Bertz CT molecular complexity index is 583. The number of anilines is 1. The number of hydrogen-bond donors (Lipinski definition) is 1. The van der Waals surface area contributed by atoms with E-state index in [4.69, 9.17) is 0 Å². The third kappa shape index (κ3) is 3.66. The van der Waals surface area contributed by atoms with Crippen molar-refractivity contribution in [3.05, 3.63) is 64.7 Å². The van der Waals surface area contributed by atoms with E-state index < -0.39 is 0 Å². The molecule has 2 aromatic carbocycles. The van der Waals surface area contributed by atoms with Gasteiger partial charge >= 0.3 is 0 Å². The van der Waals surface area contributed by atoms with Crippen LogP contribution in [-0.2, 0) is 25.8 Å². The fraction of sp³-hybridized carbons (Fsp3) is 0.400. The Hall–Kier alpha value is -1.76. The van der Waals surface area contributed by atoms with Gasteiger partial charge in [0.15, 0.2) is 0 Å². The molecule has 0 aromatic heterocycles. The summed E-state index contributed by atoms with van der Waals surface area (Å²) in [6, 6.07) is 15.9. The molecule has 0 saturated heterocycles. The summed E-state index contributed by atoms with van der Waals surface area (Å²) in [5.74, 6) is 0. The van der Waals surface area contributed by atoms with E-state index in [1.54, 1.807) is 11.1 Å².